The third-order valence-electron chi connectivity index (χ3n) is 7.25. The zero-order valence-electron chi connectivity index (χ0n) is 18.9. The van der Waals surface area contributed by atoms with Crippen molar-refractivity contribution in [1.82, 2.24) is 9.97 Å². The Labute approximate surface area is 197 Å². The normalized spacial score (nSPS) is 22.9. The van der Waals surface area contributed by atoms with Gasteiger partial charge in [-0.15, -0.1) is 0 Å². The number of rotatable bonds is 7. The highest BCUT2D eigenvalue weighted by Gasteiger charge is 2.58. The molecule has 2 aliphatic rings. The van der Waals surface area contributed by atoms with E-state index in [1.165, 1.54) is 6.33 Å². The molecule has 1 saturated heterocycles. The number of likely N-dealkylation sites (tertiary alicyclic amines) is 1. The molecular formula is C26H27N4O4+. The van der Waals surface area contributed by atoms with E-state index in [0.717, 1.165) is 24.1 Å². The minimum absolute atomic E-state index is 0.159. The third-order valence-corrected chi connectivity index (χ3v) is 7.25. The van der Waals surface area contributed by atoms with Crippen molar-refractivity contribution in [2.24, 2.45) is 0 Å². The van der Waals surface area contributed by atoms with Crippen LogP contribution in [0.25, 0.3) is 11.1 Å². The average Bonchev–Trinajstić information content (AvgIpc) is 3.34. The Bertz CT molecular complexity index is 1170. The van der Waals surface area contributed by atoms with Crippen LogP contribution in [0.4, 0.5) is 5.82 Å². The molecule has 2 heterocycles. The number of benzene rings is 2. The van der Waals surface area contributed by atoms with Gasteiger partial charge in [-0.3, -0.25) is 9.59 Å². The lowest BCUT2D eigenvalue weighted by atomic mass is 9.81. The van der Waals surface area contributed by atoms with Crippen LogP contribution < -0.4 is 5.32 Å². The molecule has 0 bridgehead atoms. The Balaban J connectivity index is 1.51. The second-order valence-electron chi connectivity index (χ2n) is 9.22. The van der Waals surface area contributed by atoms with Crippen LogP contribution in [0.1, 0.15) is 24.0 Å². The van der Waals surface area contributed by atoms with Gasteiger partial charge in [0.2, 0.25) is 0 Å². The van der Waals surface area contributed by atoms with Crippen molar-refractivity contribution in [2.45, 2.75) is 30.6 Å². The van der Waals surface area contributed by atoms with Gasteiger partial charge in [-0.2, -0.15) is 0 Å². The molecule has 8 nitrogen and oxygen atoms in total. The van der Waals surface area contributed by atoms with E-state index < -0.39 is 11.7 Å². The predicted octanol–water partition coefficient (Wildman–Crippen LogP) is 2.48. The molecule has 2 N–H and O–H groups in total. The topological polar surface area (TPSA) is 101 Å². The molecule has 1 aliphatic carbocycles. The van der Waals surface area contributed by atoms with Crippen LogP contribution in [0.2, 0.25) is 0 Å². The number of quaternary nitrogens is 1. The van der Waals surface area contributed by atoms with Crippen LogP contribution in [0.3, 0.4) is 0 Å². The summed E-state index contributed by atoms with van der Waals surface area (Å²) in [4.78, 5) is 32.6. The number of nitrogens with one attached hydrogen (secondary N) is 1. The number of ether oxygens (including phenoxy) is 1. The highest BCUT2D eigenvalue weighted by atomic mass is 16.5. The highest BCUT2D eigenvalue weighted by Crippen LogP contribution is 2.52. The van der Waals surface area contributed by atoms with E-state index >= 15 is 0 Å². The van der Waals surface area contributed by atoms with E-state index in [2.05, 4.69) is 15.3 Å². The van der Waals surface area contributed by atoms with E-state index in [0.29, 0.717) is 34.3 Å². The summed E-state index contributed by atoms with van der Waals surface area (Å²) in [5.41, 5.74) is 1.76. The van der Waals surface area contributed by atoms with Gasteiger partial charge in [0.1, 0.15) is 18.2 Å². The maximum atomic E-state index is 12.9. The molecule has 3 unspecified atom stereocenters. The summed E-state index contributed by atoms with van der Waals surface area (Å²) in [5, 5.41) is 15.2. The molecular weight excluding hydrogens is 432 g/mol. The Morgan fingerprint density at radius 1 is 1.21 bits per heavy atom. The molecule has 1 amide bonds. The maximum absolute atomic E-state index is 12.9. The van der Waals surface area contributed by atoms with Gasteiger partial charge in [0.25, 0.3) is 12.4 Å². The van der Waals surface area contributed by atoms with Crippen LogP contribution in [-0.2, 0) is 19.9 Å². The number of aromatic nitrogens is 2. The molecule has 0 radical (unpaired) electrons. The molecule has 1 fully saturated rings. The molecule has 2 aromatic carbocycles. The van der Waals surface area contributed by atoms with Crippen LogP contribution in [-0.4, -0.2) is 64.2 Å². The fourth-order valence-corrected chi connectivity index (χ4v) is 5.77. The van der Waals surface area contributed by atoms with Gasteiger partial charge in [0.15, 0.2) is 18.2 Å². The first-order chi connectivity index (χ1) is 16.5. The van der Waals surface area contributed by atoms with Crippen LogP contribution in [0, 0.1) is 0 Å². The molecule has 3 atom stereocenters. The Morgan fingerprint density at radius 2 is 1.88 bits per heavy atom. The number of fused-ring (bicyclic) bond motifs is 3. The summed E-state index contributed by atoms with van der Waals surface area (Å²) in [6.45, 7) is 1.29. The molecule has 174 valence electrons. The molecule has 5 rings (SSSR count). The number of amides is 1. The van der Waals surface area contributed by atoms with Crippen molar-refractivity contribution in [3.05, 3.63) is 78.2 Å². The SMILES string of the molecule is C[N+]1(CC(=O)Nc2ccncn2)CCCC1C(OC=O)C1(O)c2ccccc2-c2ccccc21. The van der Waals surface area contributed by atoms with E-state index in [1.807, 2.05) is 55.6 Å². The summed E-state index contributed by atoms with van der Waals surface area (Å²) >= 11 is 0. The molecule has 3 aromatic rings. The first-order valence-electron chi connectivity index (χ1n) is 11.4. The predicted molar refractivity (Wildman–Crippen MR) is 125 cm³/mol. The molecule has 8 heteroatoms. The van der Waals surface area contributed by atoms with Gasteiger partial charge >= 0.3 is 0 Å². The molecule has 0 saturated carbocycles. The van der Waals surface area contributed by atoms with E-state index in [1.54, 1.807) is 12.3 Å². The Morgan fingerprint density at radius 3 is 2.50 bits per heavy atom. The van der Waals surface area contributed by atoms with Crippen molar-refractivity contribution in [1.29, 1.82) is 0 Å². The van der Waals surface area contributed by atoms with Crippen molar-refractivity contribution in [3.8, 4) is 11.1 Å². The quantitative estimate of drug-likeness (QED) is 0.416. The minimum atomic E-state index is -1.52. The number of hydrogen-bond donors (Lipinski definition) is 2. The number of carbonyl (C=O) groups excluding carboxylic acids is 2. The summed E-state index contributed by atoms with van der Waals surface area (Å²) in [7, 11) is 1.98. The van der Waals surface area contributed by atoms with E-state index in [4.69, 9.17) is 4.74 Å². The summed E-state index contributed by atoms with van der Waals surface area (Å²) < 4.78 is 6.06. The average molecular weight is 460 g/mol. The van der Waals surface area contributed by atoms with Gasteiger partial charge in [-0.25, -0.2) is 9.97 Å². The van der Waals surface area contributed by atoms with E-state index in [-0.39, 0.29) is 18.5 Å². The number of aliphatic hydroxyl groups is 1. The van der Waals surface area contributed by atoms with Gasteiger partial charge in [-0.05, 0) is 28.3 Å². The van der Waals surface area contributed by atoms with Crippen LogP contribution in [0.5, 0.6) is 0 Å². The fraction of sp³-hybridized carbons (Fsp3) is 0.308. The van der Waals surface area contributed by atoms with Gasteiger partial charge in [-0.1, -0.05) is 48.5 Å². The largest absolute Gasteiger partial charge is 0.454 e. The maximum Gasteiger partial charge on any atom is 0.293 e. The molecule has 1 aliphatic heterocycles. The lowest BCUT2D eigenvalue weighted by molar-refractivity contribution is -0.917. The van der Waals surface area contributed by atoms with Crippen LogP contribution in [0.15, 0.2) is 67.1 Å². The zero-order valence-corrected chi connectivity index (χ0v) is 18.9. The third kappa shape index (κ3) is 3.55. The second-order valence-corrected chi connectivity index (χ2v) is 9.22. The molecule has 34 heavy (non-hydrogen) atoms. The monoisotopic (exact) mass is 459 g/mol. The number of likely N-dealkylation sites (N-methyl/N-ethyl adjacent to an activating group) is 1. The van der Waals surface area contributed by atoms with E-state index in [9.17, 15) is 14.7 Å². The summed E-state index contributed by atoms with van der Waals surface area (Å²) in [5.74, 6) is 0.234. The Kier molecular flexibility index (Phi) is 5.63. The number of hydrogen-bond acceptors (Lipinski definition) is 6. The molecule has 0 spiro atoms. The standard InChI is InChI=1S/C26H26N4O4/c1-30(15-24(32)29-23-12-13-27-16-28-23)14-6-11-22(30)25(34-17-31)26(33)20-9-4-2-7-18(20)19-8-3-5-10-21(19)26/h2-5,7-10,12-13,16-17,22,25,33H,6,11,14-15H2,1H3/p+1. The second kappa shape index (κ2) is 8.62. The molecule has 1 aromatic heterocycles. The first-order valence-corrected chi connectivity index (χ1v) is 11.4. The Hall–Kier alpha value is -3.62. The van der Waals surface area contributed by atoms with Crippen molar-refractivity contribution < 1.29 is 23.9 Å². The first kappa shape index (κ1) is 22.2. The number of anilines is 1. The van der Waals surface area contributed by atoms with Crippen molar-refractivity contribution in [2.75, 3.05) is 25.5 Å². The smallest absolute Gasteiger partial charge is 0.293 e. The van der Waals surface area contributed by atoms with Gasteiger partial charge in [0.05, 0.1) is 13.6 Å². The lowest BCUT2D eigenvalue weighted by Crippen LogP contribution is -2.61. The van der Waals surface area contributed by atoms with Crippen molar-refractivity contribution in [3.63, 3.8) is 0 Å². The summed E-state index contributed by atoms with van der Waals surface area (Å²) in [6.07, 6.45) is 3.63. The summed E-state index contributed by atoms with van der Waals surface area (Å²) in [6, 6.07) is 16.7. The minimum Gasteiger partial charge on any atom is -0.454 e. The van der Waals surface area contributed by atoms with Gasteiger partial charge in [0, 0.05) is 19.0 Å². The van der Waals surface area contributed by atoms with Gasteiger partial charge < -0.3 is 19.6 Å². The number of carbonyl (C=O) groups is 2. The fourth-order valence-electron chi connectivity index (χ4n) is 5.77. The lowest BCUT2D eigenvalue weighted by Gasteiger charge is -2.43. The van der Waals surface area contributed by atoms with Crippen molar-refractivity contribution >= 4 is 18.2 Å². The highest BCUT2D eigenvalue weighted by molar-refractivity contribution is 5.90. The number of nitrogens with zero attached hydrogens (tertiary/aromatic N) is 3. The zero-order chi connectivity index (χ0) is 23.8. The van der Waals surface area contributed by atoms with Crippen LogP contribution >= 0.6 is 0 Å².